The van der Waals surface area contributed by atoms with Crippen LogP contribution >= 0.6 is 0 Å². The minimum atomic E-state index is -0.516. The molecule has 0 radical (unpaired) electrons. The van der Waals surface area contributed by atoms with Gasteiger partial charge in [-0.1, -0.05) is 194 Å². The van der Waals surface area contributed by atoms with Crippen LogP contribution in [0.2, 0.25) is 6.82 Å². The van der Waals surface area contributed by atoms with E-state index in [-0.39, 0.29) is 0 Å². The maximum absolute atomic E-state index is 9.99. The monoisotopic (exact) mass is 482 g/mol. The van der Waals surface area contributed by atoms with E-state index in [4.69, 9.17) is 0 Å². The predicted molar refractivity (Wildman–Crippen MR) is 169 cm³/mol. The molecule has 3 heteroatoms. The summed E-state index contributed by atoms with van der Waals surface area (Å²) in [7, 11) is 0. The molecule has 0 saturated heterocycles. The van der Waals surface area contributed by atoms with Crippen molar-refractivity contribution >= 4 is 35.5 Å². The molecule has 4 aromatic carbocycles. The van der Waals surface area contributed by atoms with Gasteiger partial charge in [-0.25, -0.2) is 0 Å². The van der Waals surface area contributed by atoms with Gasteiger partial charge in [0.25, 0.3) is 0 Å². The van der Waals surface area contributed by atoms with Crippen molar-refractivity contribution < 1.29 is 5.02 Å². The van der Waals surface area contributed by atoms with Gasteiger partial charge >= 0.3 is 6.92 Å². The molecular weight excluding hydrogens is 434 g/mol. The Balaban J connectivity index is 0. The van der Waals surface area contributed by atoms with Gasteiger partial charge in [0.05, 0.1) is 0 Å². The molecule has 0 heterocycles. The second-order valence-corrected chi connectivity index (χ2v) is 6.77. The van der Waals surface area contributed by atoms with Crippen LogP contribution in [0, 0.1) is 0 Å². The van der Waals surface area contributed by atoms with Crippen molar-refractivity contribution in [3.05, 3.63) is 121 Å². The smallest absolute Gasteiger partial charge is 0.358 e. The number of hydrogen-bond donors (Lipinski definition) is 1. The Labute approximate surface area is 223 Å². The third-order valence-electron chi connectivity index (χ3n) is 4.83. The molecule has 4 rings (SSSR count). The van der Waals surface area contributed by atoms with Gasteiger partial charge in [0, 0.05) is 0 Å². The highest BCUT2D eigenvalue weighted by molar-refractivity contribution is 6.84. The Kier molecular flexibility index (Phi) is 24.5. The Hall–Kier alpha value is -3.03. The molecule has 0 bridgehead atoms. The molecule has 1 N–H and O–H groups in total. The average Bonchev–Trinajstić information content (AvgIpc) is 3.02. The zero-order chi connectivity index (χ0) is 27.6. The molecule has 0 spiro atoms. The van der Waals surface area contributed by atoms with Crippen molar-refractivity contribution in [2.24, 2.45) is 0 Å². The first-order valence-corrected chi connectivity index (χ1v) is 13.6. The fraction of sp³-hybridized carbons (Fsp3) is 0.273. The highest BCUT2D eigenvalue weighted by atomic mass is 16.2. The highest BCUT2D eigenvalue weighted by Gasteiger charge is 2.15. The fourth-order valence-corrected chi connectivity index (χ4v) is 3.14. The highest BCUT2D eigenvalue weighted by Crippen LogP contribution is 1.92. The van der Waals surface area contributed by atoms with Crippen molar-refractivity contribution in [2.45, 2.75) is 62.2 Å². The summed E-state index contributed by atoms with van der Waals surface area (Å²) in [4.78, 5) is 0. The lowest BCUT2D eigenvalue weighted by molar-refractivity contribution is 0.600. The van der Waals surface area contributed by atoms with Gasteiger partial charge in [-0.15, -0.1) is 0 Å². The standard InChI is InChI=1S/C13H13B.C12H11BO.4C2H6/c1-14(12-8-4-2-5-9-12)13-10-6-3-7-11-13;14-13(11-7-3-1-4-8-11)12-9-5-2-6-10-12;4*1-2/h2-11H,1H3;1-10,14H;4*1-2H3. The van der Waals surface area contributed by atoms with Gasteiger partial charge in [-0.2, -0.15) is 0 Å². The minimum Gasteiger partial charge on any atom is -0.443 e. The topological polar surface area (TPSA) is 20.2 Å². The van der Waals surface area contributed by atoms with E-state index in [1.165, 1.54) is 10.9 Å². The number of benzene rings is 4. The molecule has 192 valence electrons. The molecule has 0 atom stereocenters. The Morgan fingerprint density at radius 3 is 0.778 bits per heavy atom. The molecule has 0 unspecified atom stereocenters. The SMILES string of the molecule is CB(c1ccccc1)c1ccccc1.CC.CC.CC.CC.OB(c1ccccc1)c1ccccc1. The van der Waals surface area contributed by atoms with Crippen molar-refractivity contribution in [1.82, 2.24) is 0 Å². The first kappa shape index (κ1) is 35.1. The van der Waals surface area contributed by atoms with E-state index in [1.54, 1.807) is 0 Å². The van der Waals surface area contributed by atoms with Gasteiger partial charge in [-0.3, -0.25) is 0 Å². The first-order chi connectivity index (χ1) is 17.8. The summed E-state index contributed by atoms with van der Waals surface area (Å²) in [5.41, 5.74) is 4.61. The molecule has 0 fully saturated rings. The van der Waals surface area contributed by atoms with Gasteiger partial charge in [0.2, 0.25) is 6.71 Å². The van der Waals surface area contributed by atoms with Crippen molar-refractivity contribution in [2.75, 3.05) is 0 Å². The van der Waals surface area contributed by atoms with Crippen LogP contribution in [0.4, 0.5) is 0 Å². The summed E-state index contributed by atoms with van der Waals surface area (Å²) >= 11 is 0. The van der Waals surface area contributed by atoms with E-state index in [1.807, 2.05) is 116 Å². The molecule has 0 aliphatic heterocycles. The zero-order valence-electron chi connectivity index (χ0n) is 24.1. The van der Waals surface area contributed by atoms with Crippen LogP contribution in [0.1, 0.15) is 55.4 Å². The lowest BCUT2D eigenvalue weighted by atomic mass is 9.43. The summed E-state index contributed by atoms with van der Waals surface area (Å²) in [6, 6.07) is 40.5. The molecule has 0 saturated carbocycles. The van der Waals surface area contributed by atoms with Crippen LogP contribution in [0.5, 0.6) is 0 Å². The Bertz CT molecular complexity index is 770. The second-order valence-electron chi connectivity index (χ2n) is 6.77. The summed E-state index contributed by atoms with van der Waals surface area (Å²) in [5.74, 6) is 0. The van der Waals surface area contributed by atoms with E-state index >= 15 is 0 Å². The lowest BCUT2D eigenvalue weighted by Crippen LogP contribution is -2.41. The minimum absolute atomic E-state index is 0.484. The van der Waals surface area contributed by atoms with E-state index in [2.05, 4.69) is 67.5 Å². The average molecular weight is 482 g/mol. The first-order valence-electron chi connectivity index (χ1n) is 13.6. The maximum atomic E-state index is 9.99. The normalized spacial score (nSPS) is 8.28. The third kappa shape index (κ3) is 13.8. The Morgan fingerprint density at radius 1 is 0.361 bits per heavy atom. The van der Waals surface area contributed by atoms with Gasteiger partial charge in [-0.05, 0) is 10.9 Å². The number of hydrogen-bond acceptors (Lipinski definition) is 1. The van der Waals surface area contributed by atoms with Crippen LogP contribution in [0.15, 0.2) is 121 Å². The third-order valence-corrected chi connectivity index (χ3v) is 4.83. The molecule has 0 aromatic heterocycles. The van der Waals surface area contributed by atoms with Crippen LogP contribution in [0.25, 0.3) is 0 Å². The van der Waals surface area contributed by atoms with Crippen molar-refractivity contribution in [3.8, 4) is 0 Å². The Morgan fingerprint density at radius 2 is 0.556 bits per heavy atom. The maximum Gasteiger partial charge on any atom is 0.358 e. The summed E-state index contributed by atoms with van der Waals surface area (Å²) in [6.45, 7) is 18.2. The van der Waals surface area contributed by atoms with Crippen LogP contribution < -0.4 is 21.9 Å². The molecule has 0 aliphatic carbocycles. The zero-order valence-corrected chi connectivity index (χ0v) is 24.1. The fourth-order valence-electron chi connectivity index (χ4n) is 3.14. The second kappa shape index (κ2) is 25.1. The summed E-state index contributed by atoms with van der Waals surface area (Å²) in [6.07, 6.45) is 0. The van der Waals surface area contributed by atoms with Crippen molar-refractivity contribution in [1.29, 1.82) is 0 Å². The molecule has 0 amide bonds. The molecule has 1 nitrogen and oxygen atoms in total. The van der Waals surface area contributed by atoms with Gasteiger partial charge < -0.3 is 5.02 Å². The molecular formula is C33H48B2O. The van der Waals surface area contributed by atoms with Crippen molar-refractivity contribution in [3.63, 3.8) is 0 Å². The van der Waals surface area contributed by atoms with Crippen LogP contribution in [-0.4, -0.2) is 18.7 Å². The summed E-state index contributed by atoms with van der Waals surface area (Å²) in [5, 5.41) is 9.99. The quantitative estimate of drug-likeness (QED) is 0.317. The van der Waals surface area contributed by atoms with E-state index < -0.39 is 6.92 Å². The molecule has 4 aromatic rings. The molecule has 0 aliphatic rings. The van der Waals surface area contributed by atoms with Crippen LogP contribution in [0.3, 0.4) is 0 Å². The summed E-state index contributed by atoms with van der Waals surface area (Å²) < 4.78 is 0. The van der Waals surface area contributed by atoms with E-state index in [0.717, 1.165) is 10.9 Å². The van der Waals surface area contributed by atoms with Gasteiger partial charge in [0.1, 0.15) is 0 Å². The number of rotatable bonds is 4. The van der Waals surface area contributed by atoms with Gasteiger partial charge in [0.15, 0.2) is 0 Å². The van der Waals surface area contributed by atoms with Crippen LogP contribution in [-0.2, 0) is 0 Å². The largest absolute Gasteiger partial charge is 0.443 e. The van der Waals surface area contributed by atoms with E-state index in [0.29, 0.717) is 6.71 Å². The lowest BCUT2D eigenvalue weighted by Gasteiger charge is -2.08. The molecule has 36 heavy (non-hydrogen) atoms. The van der Waals surface area contributed by atoms with E-state index in [9.17, 15) is 5.02 Å². The predicted octanol–water partition coefficient (Wildman–Crippen LogP) is 6.81.